The number of morpholine rings is 1. The van der Waals surface area contributed by atoms with Crippen LogP contribution < -0.4 is 9.64 Å². The Morgan fingerprint density at radius 1 is 1.22 bits per heavy atom. The van der Waals surface area contributed by atoms with Crippen molar-refractivity contribution < 1.29 is 14.3 Å². The minimum Gasteiger partial charge on any atom is -0.496 e. The zero-order chi connectivity index (χ0) is 26.3. The number of anilines is 1. The number of amides is 1. The molecule has 0 radical (unpaired) electrons. The van der Waals surface area contributed by atoms with Gasteiger partial charge in [0.05, 0.1) is 36.4 Å². The summed E-state index contributed by atoms with van der Waals surface area (Å²) in [5, 5.41) is 2.06. The highest BCUT2D eigenvalue weighted by molar-refractivity contribution is 7.11. The van der Waals surface area contributed by atoms with Crippen molar-refractivity contribution in [2.75, 3.05) is 31.8 Å². The fourth-order valence-electron chi connectivity index (χ4n) is 5.36. The molecule has 5 rings (SSSR count). The first-order chi connectivity index (χ1) is 17.7. The summed E-state index contributed by atoms with van der Waals surface area (Å²) in [6, 6.07) is 10.6. The van der Waals surface area contributed by atoms with Gasteiger partial charge < -0.3 is 23.8 Å². The highest BCUT2D eigenvalue weighted by atomic mass is 32.1. The molecular formula is C30H35N3O3S. The smallest absolute Gasteiger partial charge is 0.251 e. The minimum atomic E-state index is -0.354. The molecule has 4 heterocycles. The largest absolute Gasteiger partial charge is 0.496 e. The summed E-state index contributed by atoms with van der Waals surface area (Å²) < 4.78 is 13.5. The van der Waals surface area contributed by atoms with Crippen LogP contribution in [0.5, 0.6) is 5.75 Å². The molecule has 0 aliphatic carbocycles. The summed E-state index contributed by atoms with van der Waals surface area (Å²) in [5.74, 6) is 0.912. The van der Waals surface area contributed by atoms with Gasteiger partial charge in [0.15, 0.2) is 0 Å². The van der Waals surface area contributed by atoms with Crippen molar-refractivity contribution >= 4 is 28.6 Å². The molecule has 6 nitrogen and oxygen atoms in total. The van der Waals surface area contributed by atoms with Crippen LogP contribution in [0.3, 0.4) is 0 Å². The number of aryl methyl sites for hydroxylation is 2. The van der Waals surface area contributed by atoms with E-state index in [1.54, 1.807) is 18.4 Å². The first-order valence-corrected chi connectivity index (χ1v) is 13.5. The maximum Gasteiger partial charge on any atom is 0.251 e. The highest BCUT2D eigenvalue weighted by Gasteiger charge is 2.37. The van der Waals surface area contributed by atoms with Crippen LogP contribution in [0, 0.1) is 0 Å². The first kappa shape index (κ1) is 25.4. The van der Waals surface area contributed by atoms with Crippen LogP contribution in [0.4, 0.5) is 5.69 Å². The van der Waals surface area contributed by atoms with Crippen LogP contribution in [-0.2, 0) is 23.0 Å². The molecule has 37 heavy (non-hydrogen) atoms. The number of ether oxygens (including phenoxy) is 2. The molecule has 1 amide bonds. The van der Waals surface area contributed by atoms with E-state index in [-0.39, 0.29) is 11.4 Å². The van der Waals surface area contributed by atoms with E-state index in [2.05, 4.69) is 61.2 Å². The number of fused-ring (bicyclic) bond motifs is 1. The summed E-state index contributed by atoms with van der Waals surface area (Å²) in [4.78, 5) is 19.2. The lowest BCUT2D eigenvalue weighted by Crippen LogP contribution is -2.56. The second-order valence-corrected chi connectivity index (χ2v) is 11.3. The molecule has 0 saturated carbocycles. The second-order valence-electron chi connectivity index (χ2n) is 10.4. The molecule has 0 unspecified atom stereocenters. The standard InChI is InChI=1S/C30H35N3O3S/c1-20(29(34)32-13-14-36-19-30(32,3)4)25-10-9-22-16-27(35-6)24(23-11-12-31(5)18-23)17-26(22)33(25)21(2)28-8-7-15-37-28/h7-8,11-12,15-18H,2,9-10,13-14,19H2,1,3-6H3/b25-20+. The molecule has 1 saturated heterocycles. The number of hydrogen-bond donors (Lipinski definition) is 0. The van der Waals surface area contributed by atoms with E-state index in [1.807, 2.05) is 35.7 Å². The predicted molar refractivity (Wildman–Crippen MR) is 151 cm³/mol. The van der Waals surface area contributed by atoms with Gasteiger partial charge in [-0.2, -0.15) is 0 Å². The number of nitrogens with zero attached hydrogens (tertiary/aromatic N) is 3. The third-order valence-corrected chi connectivity index (χ3v) is 8.32. The molecule has 1 fully saturated rings. The van der Waals surface area contributed by atoms with E-state index in [4.69, 9.17) is 9.47 Å². The molecular weight excluding hydrogens is 482 g/mol. The Kier molecular flexibility index (Phi) is 6.77. The monoisotopic (exact) mass is 517 g/mol. The fraction of sp³-hybridized carbons (Fsp3) is 0.367. The maximum atomic E-state index is 13.9. The van der Waals surface area contributed by atoms with Crippen molar-refractivity contribution in [2.45, 2.75) is 39.2 Å². The number of thiophene rings is 1. The molecule has 3 aromatic rings. The summed E-state index contributed by atoms with van der Waals surface area (Å²) in [6.45, 7) is 12.3. The summed E-state index contributed by atoms with van der Waals surface area (Å²) in [6.07, 6.45) is 5.70. The van der Waals surface area contributed by atoms with Crippen LogP contribution in [0.15, 0.2) is 66.0 Å². The molecule has 0 spiro atoms. The molecule has 194 valence electrons. The van der Waals surface area contributed by atoms with Gasteiger partial charge in [0, 0.05) is 54.1 Å². The number of aromatic nitrogens is 1. The van der Waals surface area contributed by atoms with Crippen molar-refractivity contribution in [1.82, 2.24) is 9.47 Å². The molecule has 2 aromatic heterocycles. The molecule has 1 aromatic carbocycles. The van der Waals surface area contributed by atoms with Crippen LogP contribution in [0.25, 0.3) is 16.8 Å². The zero-order valence-electron chi connectivity index (χ0n) is 22.3. The quantitative estimate of drug-likeness (QED) is 0.384. The number of carbonyl (C=O) groups is 1. The van der Waals surface area contributed by atoms with Gasteiger partial charge >= 0.3 is 0 Å². The lowest BCUT2D eigenvalue weighted by atomic mass is 9.92. The van der Waals surface area contributed by atoms with Gasteiger partial charge in [-0.1, -0.05) is 12.6 Å². The Morgan fingerprint density at radius 2 is 2.03 bits per heavy atom. The second kappa shape index (κ2) is 9.88. The lowest BCUT2D eigenvalue weighted by molar-refractivity contribution is -0.142. The first-order valence-electron chi connectivity index (χ1n) is 12.7. The van der Waals surface area contributed by atoms with Crippen LogP contribution in [-0.4, -0.2) is 47.8 Å². The Hall–Kier alpha value is -3.29. The fourth-order valence-corrected chi connectivity index (χ4v) is 6.05. The third kappa shape index (κ3) is 4.62. The number of hydrogen-bond acceptors (Lipinski definition) is 5. The van der Waals surface area contributed by atoms with Gasteiger partial charge in [-0.25, -0.2) is 0 Å². The van der Waals surface area contributed by atoms with Crippen LogP contribution in [0.1, 0.15) is 37.6 Å². The van der Waals surface area contributed by atoms with Crippen molar-refractivity contribution in [2.24, 2.45) is 7.05 Å². The van der Waals surface area contributed by atoms with Gasteiger partial charge in [-0.05, 0) is 68.8 Å². The highest BCUT2D eigenvalue weighted by Crippen LogP contribution is 2.45. The normalized spacial score (nSPS) is 18.4. The molecule has 0 bridgehead atoms. The van der Waals surface area contributed by atoms with Gasteiger partial charge in [0.25, 0.3) is 5.91 Å². The van der Waals surface area contributed by atoms with Crippen molar-refractivity contribution in [3.63, 3.8) is 0 Å². The Morgan fingerprint density at radius 3 is 2.68 bits per heavy atom. The van der Waals surface area contributed by atoms with Crippen LogP contribution in [0.2, 0.25) is 0 Å². The number of rotatable bonds is 5. The van der Waals surface area contributed by atoms with E-state index in [9.17, 15) is 4.79 Å². The van der Waals surface area contributed by atoms with Crippen LogP contribution >= 0.6 is 11.3 Å². The maximum absolute atomic E-state index is 13.9. The average Bonchev–Trinajstić information content (AvgIpc) is 3.58. The number of benzene rings is 1. The number of allylic oxidation sites excluding steroid dienone is 1. The van der Waals surface area contributed by atoms with Crippen molar-refractivity contribution in [3.8, 4) is 16.9 Å². The van der Waals surface area contributed by atoms with Crippen molar-refractivity contribution in [1.29, 1.82) is 0 Å². The molecule has 0 atom stereocenters. The van der Waals surface area contributed by atoms with Gasteiger partial charge in [0.2, 0.25) is 0 Å². The van der Waals surface area contributed by atoms with Gasteiger partial charge in [-0.3, -0.25) is 4.79 Å². The Bertz CT molecular complexity index is 1370. The molecule has 2 aliphatic rings. The SMILES string of the molecule is C=C(c1cccs1)N1/C(=C(\C)C(=O)N2CCOCC2(C)C)CCc2cc(OC)c(-c3ccn(C)c3)cc21. The number of methoxy groups -OCH3 is 1. The van der Waals surface area contributed by atoms with Crippen molar-refractivity contribution in [3.05, 3.63) is 76.4 Å². The summed E-state index contributed by atoms with van der Waals surface area (Å²) >= 11 is 1.66. The number of carbonyl (C=O) groups excluding carboxylic acids is 1. The predicted octanol–water partition coefficient (Wildman–Crippen LogP) is 6.10. The zero-order valence-corrected chi connectivity index (χ0v) is 23.2. The van der Waals surface area contributed by atoms with Gasteiger partial charge in [0.1, 0.15) is 5.75 Å². The van der Waals surface area contributed by atoms with E-state index in [0.29, 0.717) is 19.8 Å². The van der Waals surface area contributed by atoms with E-state index in [0.717, 1.165) is 57.2 Å². The lowest BCUT2D eigenvalue weighted by Gasteiger charge is -2.43. The third-order valence-electron chi connectivity index (χ3n) is 7.41. The topological polar surface area (TPSA) is 46.9 Å². The van der Waals surface area contributed by atoms with Gasteiger partial charge in [-0.15, -0.1) is 11.3 Å². The Balaban J connectivity index is 1.66. The van der Waals surface area contributed by atoms with E-state index >= 15 is 0 Å². The molecule has 0 N–H and O–H groups in total. The molecule has 2 aliphatic heterocycles. The van der Waals surface area contributed by atoms with E-state index < -0.39 is 0 Å². The Labute approximate surface area is 223 Å². The minimum absolute atomic E-state index is 0.0625. The summed E-state index contributed by atoms with van der Waals surface area (Å²) in [5.41, 5.74) is 6.62. The average molecular weight is 518 g/mol. The molecule has 7 heteroatoms. The van der Waals surface area contributed by atoms with E-state index in [1.165, 1.54) is 5.56 Å². The summed E-state index contributed by atoms with van der Waals surface area (Å²) in [7, 11) is 3.74.